The fraction of sp³-hybridized carbons (Fsp3) is 0.462. The van der Waals surface area contributed by atoms with Crippen molar-refractivity contribution < 1.29 is 9.53 Å². The van der Waals surface area contributed by atoms with Gasteiger partial charge in [0.2, 0.25) is 5.91 Å². The molecule has 0 spiro atoms. The minimum Gasteiger partial charge on any atom is -0.384 e. The molecule has 1 heterocycles. The van der Waals surface area contributed by atoms with Crippen molar-refractivity contribution in [1.29, 1.82) is 0 Å². The van der Waals surface area contributed by atoms with Crippen LogP contribution in [0.3, 0.4) is 0 Å². The fourth-order valence-corrected chi connectivity index (χ4v) is 2.17. The minimum atomic E-state index is 0.0395. The molecule has 0 radical (unpaired) electrons. The summed E-state index contributed by atoms with van der Waals surface area (Å²) >= 11 is 0. The van der Waals surface area contributed by atoms with Crippen LogP contribution < -0.4 is 10.6 Å². The lowest BCUT2D eigenvalue weighted by Gasteiger charge is -2.32. The third-order valence-electron chi connectivity index (χ3n) is 3.11. The predicted octanol–water partition coefficient (Wildman–Crippen LogP) is 1.46. The Balaban J connectivity index is 2.21. The van der Waals surface area contributed by atoms with E-state index in [4.69, 9.17) is 10.5 Å². The van der Waals surface area contributed by atoms with E-state index in [0.717, 1.165) is 17.7 Å². The molecule has 17 heavy (non-hydrogen) atoms. The van der Waals surface area contributed by atoms with Crippen LogP contribution in [0.15, 0.2) is 24.3 Å². The number of carbonyl (C=O) groups is 1. The summed E-state index contributed by atoms with van der Waals surface area (Å²) in [7, 11) is 1.60. The van der Waals surface area contributed by atoms with E-state index < -0.39 is 0 Å². The molecule has 4 nitrogen and oxygen atoms in total. The molecule has 4 heteroatoms. The number of benzene rings is 1. The number of methoxy groups -OCH3 is 1. The van der Waals surface area contributed by atoms with E-state index >= 15 is 0 Å². The highest BCUT2D eigenvalue weighted by atomic mass is 16.5. The maximum absolute atomic E-state index is 12.0. The van der Waals surface area contributed by atoms with Crippen molar-refractivity contribution in [2.24, 2.45) is 5.73 Å². The van der Waals surface area contributed by atoms with Gasteiger partial charge in [-0.1, -0.05) is 18.2 Å². The van der Waals surface area contributed by atoms with Crippen molar-refractivity contribution >= 4 is 11.6 Å². The summed E-state index contributed by atoms with van der Waals surface area (Å²) in [6.07, 6.45) is 1.23. The number of ether oxygens (including phenoxy) is 1. The number of anilines is 1. The Labute approximate surface area is 101 Å². The number of nitrogens with two attached hydrogens (primary N) is 1. The smallest absolute Gasteiger partial charge is 0.229 e. The molecule has 1 aromatic carbocycles. The number of hydrogen-bond donors (Lipinski definition) is 1. The summed E-state index contributed by atoms with van der Waals surface area (Å²) in [6, 6.07) is 7.89. The van der Waals surface area contributed by atoms with Crippen molar-refractivity contribution in [3.05, 3.63) is 29.8 Å². The molecular weight excluding hydrogens is 216 g/mol. The molecule has 1 aliphatic rings. The number of amides is 1. The van der Waals surface area contributed by atoms with E-state index in [9.17, 15) is 4.79 Å². The molecule has 2 rings (SSSR count). The lowest BCUT2D eigenvalue weighted by Crippen LogP contribution is -2.38. The Morgan fingerprint density at radius 1 is 1.53 bits per heavy atom. The fourth-order valence-electron chi connectivity index (χ4n) is 2.17. The van der Waals surface area contributed by atoms with Gasteiger partial charge in [-0.2, -0.15) is 0 Å². The van der Waals surface area contributed by atoms with Crippen molar-refractivity contribution in [3.63, 3.8) is 0 Å². The van der Waals surface area contributed by atoms with Gasteiger partial charge in [0.05, 0.1) is 13.0 Å². The molecule has 2 N–H and O–H groups in total. The molecule has 1 unspecified atom stereocenters. The van der Waals surface area contributed by atoms with Crippen LogP contribution in [0.4, 0.5) is 5.69 Å². The summed E-state index contributed by atoms with van der Waals surface area (Å²) in [5.74, 6) is 0.103. The third-order valence-corrected chi connectivity index (χ3v) is 3.11. The number of hydrogen-bond acceptors (Lipinski definition) is 3. The first-order valence-corrected chi connectivity index (χ1v) is 5.88. The molecule has 0 saturated carbocycles. The molecule has 1 aliphatic heterocycles. The van der Waals surface area contributed by atoms with Crippen molar-refractivity contribution in [3.8, 4) is 0 Å². The van der Waals surface area contributed by atoms with E-state index in [2.05, 4.69) is 0 Å². The molecule has 0 bridgehead atoms. The van der Waals surface area contributed by atoms with E-state index in [0.29, 0.717) is 19.6 Å². The molecular formula is C13H18N2O2. The van der Waals surface area contributed by atoms with Crippen molar-refractivity contribution in [2.45, 2.75) is 18.9 Å². The van der Waals surface area contributed by atoms with Crippen LogP contribution >= 0.6 is 0 Å². The molecule has 0 fully saturated rings. The van der Waals surface area contributed by atoms with E-state index in [1.165, 1.54) is 0 Å². The highest BCUT2D eigenvalue weighted by molar-refractivity contribution is 5.94. The average molecular weight is 234 g/mol. The van der Waals surface area contributed by atoms with E-state index in [-0.39, 0.29) is 11.9 Å². The Kier molecular flexibility index (Phi) is 3.76. The van der Waals surface area contributed by atoms with Gasteiger partial charge in [0.15, 0.2) is 0 Å². The monoisotopic (exact) mass is 234 g/mol. The van der Waals surface area contributed by atoms with Crippen molar-refractivity contribution in [1.82, 2.24) is 0 Å². The van der Waals surface area contributed by atoms with Gasteiger partial charge < -0.3 is 15.4 Å². The third kappa shape index (κ3) is 2.48. The second-order valence-electron chi connectivity index (χ2n) is 4.24. The molecule has 0 aliphatic carbocycles. The average Bonchev–Trinajstić information content (AvgIpc) is 2.37. The lowest BCUT2D eigenvalue weighted by molar-refractivity contribution is -0.119. The zero-order valence-electron chi connectivity index (χ0n) is 10.1. The molecule has 1 aromatic rings. The van der Waals surface area contributed by atoms with Crippen LogP contribution in [0.5, 0.6) is 0 Å². The summed E-state index contributed by atoms with van der Waals surface area (Å²) in [5, 5.41) is 0. The first kappa shape index (κ1) is 12.1. The Morgan fingerprint density at radius 3 is 3.06 bits per heavy atom. The van der Waals surface area contributed by atoms with E-state index in [1.54, 1.807) is 7.11 Å². The first-order chi connectivity index (χ1) is 8.24. The zero-order chi connectivity index (χ0) is 12.3. The van der Waals surface area contributed by atoms with Gasteiger partial charge >= 0.3 is 0 Å². The Morgan fingerprint density at radius 2 is 2.29 bits per heavy atom. The van der Waals surface area contributed by atoms with Crippen LogP contribution in [0.25, 0.3) is 0 Å². The topological polar surface area (TPSA) is 55.6 Å². The van der Waals surface area contributed by atoms with Gasteiger partial charge in [-0.15, -0.1) is 0 Å². The number of carbonyl (C=O) groups excluding carboxylic acids is 1. The Bertz CT molecular complexity index is 406. The van der Waals surface area contributed by atoms with Crippen LogP contribution in [0.2, 0.25) is 0 Å². The van der Waals surface area contributed by atoms with Crippen LogP contribution in [0.1, 0.15) is 24.4 Å². The van der Waals surface area contributed by atoms with Gasteiger partial charge in [0.1, 0.15) is 0 Å². The highest BCUT2D eigenvalue weighted by Gasteiger charge is 2.25. The maximum Gasteiger partial charge on any atom is 0.229 e. The van der Waals surface area contributed by atoms with Gasteiger partial charge in [-0.25, -0.2) is 0 Å². The van der Waals surface area contributed by atoms with Crippen LogP contribution in [-0.2, 0) is 9.53 Å². The van der Waals surface area contributed by atoms with Gasteiger partial charge in [-0.3, -0.25) is 4.79 Å². The first-order valence-electron chi connectivity index (χ1n) is 5.88. The SMILES string of the molecule is COCCC(=O)N1CCC(N)c2ccccc21. The highest BCUT2D eigenvalue weighted by Crippen LogP contribution is 2.32. The maximum atomic E-state index is 12.0. The van der Waals surface area contributed by atoms with Gasteiger partial charge in [-0.05, 0) is 18.1 Å². The number of para-hydroxylation sites is 1. The molecule has 92 valence electrons. The largest absolute Gasteiger partial charge is 0.384 e. The lowest BCUT2D eigenvalue weighted by atomic mass is 9.97. The number of fused-ring (bicyclic) bond motifs is 1. The summed E-state index contributed by atoms with van der Waals surface area (Å²) < 4.78 is 4.94. The van der Waals surface area contributed by atoms with Crippen molar-refractivity contribution in [2.75, 3.05) is 25.2 Å². The number of rotatable bonds is 3. The molecule has 1 atom stereocenters. The summed E-state index contributed by atoms with van der Waals surface area (Å²) in [5.41, 5.74) is 8.06. The summed E-state index contributed by atoms with van der Waals surface area (Å²) in [6.45, 7) is 1.16. The normalized spacial score (nSPS) is 18.9. The van der Waals surface area contributed by atoms with E-state index in [1.807, 2.05) is 29.2 Å². The number of nitrogens with zero attached hydrogens (tertiary/aromatic N) is 1. The molecule has 0 saturated heterocycles. The molecule has 0 aromatic heterocycles. The minimum absolute atomic E-state index is 0.0395. The van der Waals surface area contributed by atoms with Crippen LogP contribution in [-0.4, -0.2) is 26.2 Å². The second-order valence-corrected chi connectivity index (χ2v) is 4.24. The zero-order valence-corrected chi connectivity index (χ0v) is 10.1. The van der Waals surface area contributed by atoms with Gasteiger partial charge in [0.25, 0.3) is 0 Å². The van der Waals surface area contributed by atoms with Crippen LogP contribution in [0, 0.1) is 0 Å². The molecule has 1 amide bonds. The quantitative estimate of drug-likeness (QED) is 0.861. The Hall–Kier alpha value is -1.39. The predicted molar refractivity (Wildman–Crippen MR) is 66.8 cm³/mol. The summed E-state index contributed by atoms with van der Waals surface area (Å²) in [4.78, 5) is 13.8. The second kappa shape index (κ2) is 5.29. The standard InChI is InChI=1S/C13H18N2O2/c1-17-9-7-13(16)15-8-6-11(14)10-4-2-3-5-12(10)15/h2-5,11H,6-9,14H2,1H3. The van der Waals surface area contributed by atoms with Gasteiger partial charge in [0, 0.05) is 25.4 Å².